The quantitative estimate of drug-likeness (QED) is 0.216. The molecule has 0 bridgehead atoms. The fraction of sp³-hybridized carbons (Fsp3) is 0.364. The number of amides is 2. The highest BCUT2D eigenvalue weighted by Gasteiger charge is 2.43. The Kier molecular flexibility index (Phi) is 10.3. The van der Waals surface area contributed by atoms with E-state index in [1.54, 1.807) is 45.0 Å². The first-order valence-corrected chi connectivity index (χ1v) is 15.0. The zero-order valence-electron chi connectivity index (χ0n) is 27.6. The number of halogens is 3. The summed E-state index contributed by atoms with van der Waals surface area (Å²) in [6.07, 6.45) is -4.14. The molecule has 1 atom stereocenters. The van der Waals surface area contributed by atoms with Crippen molar-refractivity contribution >= 4 is 40.6 Å². The Morgan fingerprint density at radius 1 is 0.939 bits per heavy atom. The van der Waals surface area contributed by atoms with Crippen LogP contribution < -0.4 is 26.2 Å². The predicted octanol–water partition coefficient (Wildman–Crippen LogP) is 4.25. The summed E-state index contributed by atoms with van der Waals surface area (Å²) >= 11 is 0. The van der Waals surface area contributed by atoms with E-state index in [1.807, 2.05) is 20.8 Å². The molecule has 4 N–H and O–H groups in total. The van der Waals surface area contributed by atoms with Crippen LogP contribution in [0.15, 0.2) is 59.5 Å². The molecule has 0 saturated carbocycles. The van der Waals surface area contributed by atoms with E-state index < -0.39 is 53.3 Å². The van der Waals surface area contributed by atoms with Gasteiger partial charge in [0.25, 0.3) is 11.5 Å². The number of hydrogen-bond acceptors (Lipinski definition) is 10. The first-order valence-electron chi connectivity index (χ1n) is 15.0. The molecule has 0 radical (unpaired) electrons. The number of carbonyl (C=O) groups is 3. The van der Waals surface area contributed by atoms with Crippen LogP contribution in [0.5, 0.6) is 5.75 Å². The normalized spacial score (nSPS) is 12.7. The van der Waals surface area contributed by atoms with E-state index in [0.717, 1.165) is 18.3 Å². The van der Waals surface area contributed by atoms with Gasteiger partial charge in [-0.25, -0.2) is 14.8 Å². The number of benzene rings is 2. The smallest absolute Gasteiger partial charge is 0.471 e. The van der Waals surface area contributed by atoms with Gasteiger partial charge in [-0.05, 0) is 83.5 Å². The maximum Gasteiger partial charge on any atom is 0.471 e. The van der Waals surface area contributed by atoms with Crippen molar-refractivity contribution in [2.75, 3.05) is 10.6 Å². The second-order valence-electron chi connectivity index (χ2n) is 13.0. The fourth-order valence-electron chi connectivity index (χ4n) is 4.53. The lowest BCUT2D eigenvalue weighted by molar-refractivity contribution is -0.170. The number of aromatic amines is 1. The molecule has 13 nitrogen and oxygen atoms in total. The third-order valence-corrected chi connectivity index (χ3v) is 6.52. The molecule has 2 amide bonds. The van der Waals surface area contributed by atoms with Gasteiger partial charge < -0.3 is 20.5 Å². The molecule has 0 aliphatic carbocycles. The lowest BCUT2D eigenvalue weighted by Gasteiger charge is -2.25. The van der Waals surface area contributed by atoms with Gasteiger partial charge in [-0.1, -0.05) is 12.1 Å². The average Bonchev–Trinajstić information content (AvgIpc) is 2.98. The molecule has 2 aromatic heterocycles. The van der Waals surface area contributed by atoms with Crippen LogP contribution in [0.2, 0.25) is 0 Å². The van der Waals surface area contributed by atoms with Gasteiger partial charge >= 0.3 is 18.1 Å². The lowest BCUT2D eigenvalue weighted by Crippen LogP contribution is -2.45. The van der Waals surface area contributed by atoms with Crippen LogP contribution in [-0.4, -0.2) is 61.1 Å². The van der Waals surface area contributed by atoms with E-state index in [4.69, 9.17) is 15.2 Å². The number of fused-ring (bicyclic) bond motifs is 1. The minimum atomic E-state index is -5.27. The average molecular weight is 684 g/mol. The van der Waals surface area contributed by atoms with Crippen molar-refractivity contribution in [3.05, 3.63) is 81.9 Å². The van der Waals surface area contributed by atoms with E-state index in [9.17, 15) is 32.3 Å². The number of anilines is 2. The number of rotatable bonds is 9. The van der Waals surface area contributed by atoms with Crippen molar-refractivity contribution in [2.45, 2.75) is 77.9 Å². The van der Waals surface area contributed by atoms with E-state index in [0.29, 0.717) is 16.2 Å². The van der Waals surface area contributed by atoms with Crippen LogP contribution in [0.3, 0.4) is 0 Å². The number of nitrogens with two attached hydrogens (primary N) is 1. The Morgan fingerprint density at radius 3 is 2.14 bits per heavy atom. The van der Waals surface area contributed by atoms with Crippen molar-refractivity contribution in [1.82, 2.24) is 25.3 Å². The highest BCUT2D eigenvalue weighted by molar-refractivity contribution is 5.99. The van der Waals surface area contributed by atoms with Gasteiger partial charge in [0.2, 0.25) is 5.95 Å². The molecule has 4 rings (SSSR count). The first kappa shape index (κ1) is 36.3. The molecular formula is C33H36F3N7O6. The third-order valence-electron chi connectivity index (χ3n) is 6.52. The minimum Gasteiger partial charge on any atom is -0.488 e. The summed E-state index contributed by atoms with van der Waals surface area (Å²) in [4.78, 5) is 65.5. The Balaban J connectivity index is 1.57. The highest BCUT2D eigenvalue weighted by atomic mass is 19.4. The Morgan fingerprint density at radius 2 is 1.57 bits per heavy atom. The molecule has 0 aliphatic heterocycles. The summed E-state index contributed by atoms with van der Waals surface area (Å²) < 4.78 is 52.3. The fourth-order valence-corrected chi connectivity index (χ4v) is 4.53. The maximum atomic E-state index is 13.6. The molecule has 0 saturated heterocycles. The minimum absolute atomic E-state index is 0.00802. The summed E-state index contributed by atoms with van der Waals surface area (Å²) in [7, 11) is 0. The number of H-pyrrole nitrogens is 1. The number of ether oxygens (including phenoxy) is 2. The van der Waals surface area contributed by atoms with Crippen LogP contribution in [0.1, 0.15) is 63.2 Å². The Labute approximate surface area is 279 Å². The van der Waals surface area contributed by atoms with E-state index in [-0.39, 0.29) is 40.5 Å². The molecule has 0 fully saturated rings. The molecule has 0 spiro atoms. The number of nitrogens with zero attached hydrogens (tertiary/aromatic N) is 4. The zero-order valence-corrected chi connectivity index (χ0v) is 27.6. The van der Waals surface area contributed by atoms with Gasteiger partial charge in [0, 0.05) is 17.7 Å². The van der Waals surface area contributed by atoms with Crippen molar-refractivity contribution in [3.63, 3.8) is 0 Å². The molecule has 2 heterocycles. The predicted molar refractivity (Wildman–Crippen MR) is 174 cm³/mol. The summed E-state index contributed by atoms with van der Waals surface area (Å²) in [6.45, 7) is 10.1. The van der Waals surface area contributed by atoms with Gasteiger partial charge in [-0.2, -0.15) is 18.2 Å². The molecule has 16 heteroatoms. The number of nitrogen functional groups attached to an aromatic ring is 1. The summed E-state index contributed by atoms with van der Waals surface area (Å²) in [5, 5.41) is 2.65. The third kappa shape index (κ3) is 9.98. The van der Waals surface area contributed by atoms with Gasteiger partial charge in [-0.15, -0.1) is 0 Å². The molecular weight excluding hydrogens is 647 g/mol. The molecule has 0 unspecified atom stereocenters. The Hall–Kier alpha value is -5.54. The van der Waals surface area contributed by atoms with Crippen molar-refractivity contribution in [2.24, 2.45) is 0 Å². The summed E-state index contributed by atoms with van der Waals surface area (Å²) in [6, 6.07) is 10.6. The van der Waals surface area contributed by atoms with Gasteiger partial charge in [-0.3, -0.25) is 24.3 Å². The molecule has 260 valence electrons. The number of alkyl halides is 3. The highest BCUT2D eigenvalue weighted by Crippen LogP contribution is 2.26. The maximum absolute atomic E-state index is 13.6. The molecule has 49 heavy (non-hydrogen) atoms. The van der Waals surface area contributed by atoms with Crippen LogP contribution in [0.4, 0.5) is 24.8 Å². The van der Waals surface area contributed by atoms with Crippen molar-refractivity contribution in [1.29, 1.82) is 0 Å². The number of nitrogens with one attached hydrogen (secondary N) is 2. The standard InChI is InChI=1S/C33H36F3N7O6/c1-31(2,3)48-22-13-7-18(8-14-22)15-23(28(46)49-32(4,5)6)40-26(44)19-9-11-21(12-10-19)43(29(47)33(34,35)36)17-20-16-38-25-24(39-20)27(45)42-30(37)41-25/h7-14,16,23H,15,17H2,1-6H3,(H,40,44)(H3,37,38,41,42,45)/t23-/m0/s1. The van der Waals surface area contributed by atoms with Gasteiger partial charge in [0.1, 0.15) is 23.0 Å². The van der Waals surface area contributed by atoms with Crippen LogP contribution >= 0.6 is 0 Å². The van der Waals surface area contributed by atoms with Crippen LogP contribution in [-0.2, 0) is 27.3 Å². The van der Waals surface area contributed by atoms with Crippen molar-refractivity contribution in [3.8, 4) is 5.75 Å². The monoisotopic (exact) mass is 683 g/mol. The van der Waals surface area contributed by atoms with Gasteiger partial charge in [0.05, 0.1) is 18.4 Å². The molecule has 4 aromatic rings. The number of carbonyl (C=O) groups excluding carboxylic acids is 3. The van der Waals surface area contributed by atoms with Crippen molar-refractivity contribution < 1.29 is 37.0 Å². The Bertz CT molecular complexity index is 1900. The van der Waals surface area contributed by atoms with E-state index in [2.05, 4.69) is 25.3 Å². The molecule has 0 aliphatic rings. The van der Waals surface area contributed by atoms with Crippen LogP contribution in [0, 0.1) is 0 Å². The topological polar surface area (TPSA) is 182 Å². The first-order chi connectivity index (χ1) is 22.7. The number of esters is 1. The largest absolute Gasteiger partial charge is 0.488 e. The number of hydrogen-bond donors (Lipinski definition) is 3. The number of aromatic nitrogens is 4. The van der Waals surface area contributed by atoms with E-state index in [1.165, 1.54) is 12.1 Å². The summed E-state index contributed by atoms with van der Waals surface area (Å²) in [5.41, 5.74) is 3.35. The zero-order chi connectivity index (χ0) is 36.3. The van der Waals surface area contributed by atoms with Crippen LogP contribution in [0.25, 0.3) is 11.2 Å². The second-order valence-corrected chi connectivity index (χ2v) is 13.0. The molecule has 2 aromatic carbocycles. The SMILES string of the molecule is CC(C)(C)OC(=O)[C@H](Cc1ccc(OC(C)(C)C)cc1)NC(=O)c1ccc(N(Cc2cnc3nc(N)[nH]c(=O)c3n2)C(=O)C(F)(F)F)cc1. The second kappa shape index (κ2) is 13.9. The lowest BCUT2D eigenvalue weighted by atomic mass is 10.0. The van der Waals surface area contributed by atoms with Gasteiger partial charge in [0.15, 0.2) is 11.2 Å². The van der Waals surface area contributed by atoms with E-state index >= 15 is 0 Å². The summed E-state index contributed by atoms with van der Waals surface area (Å²) in [5.74, 6) is -3.23.